The number of likely N-dealkylation sites (tertiary alicyclic amines) is 1. The van der Waals surface area contributed by atoms with E-state index in [1.165, 1.54) is 6.42 Å². The van der Waals surface area contributed by atoms with Gasteiger partial charge >= 0.3 is 0 Å². The quantitative estimate of drug-likeness (QED) is 0.849. The number of nitrogen functional groups attached to an aromatic ring is 1. The van der Waals surface area contributed by atoms with Crippen LogP contribution in [0.25, 0.3) is 0 Å². The van der Waals surface area contributed by atoms with E-state index in [9.17, 15) is 4.79 Å². The van der Waals surface area contributed by atoms with E-state index in [0.717, 1.165) is 13.1 Å². The van der Waals surface area contributed by atoms with E-state index in [-0.39, 0.29) is 12.5 Å². The van der Waals surface area contributed by atoms with Crippen LogP contribution in [0.5, 0.6) is 5.75 Å². The molecular formula is C15H22N2O2. The number of hydrogen-bond donors (Lipinski definition) is 1. The summed E-state index contributed by atoms with van der Waals surface area (Å²) in [5.41, 5.74) is 6.29. The fraction of sp³-hybridized carbons (Fsp3) is 0.533. The molecule has 2 rings (SSSR count). The summed E-state index contributed by atoms with van der Waals surface area (Å²) in [6.07, 6.45) is 1.20. The van der Waals surface area contributed by atoms with E-state index in [1.807, 2.05) is 4.90 Å². The number of piperidine rings is 1. The molecule has 0 radical (unpaired) electrons. The monoisotopic (exact) mass is 262 g/mol. The number of amides is 1. The van der Waals surface area contributed by atoms with Crippen LogP contribution in [0.2, 0.25) is 0 Å². The fourth-order valence-electron chi connectivity index (χ4n) is 2.67. The number of benzene rings is 1. The smallest absolute Gasteiger partial charge is 0.260 e. The summed E-state index contributed by atoms with van der Waals surface area (Å²) in [5.74, 6) is 1.89. The van der Waals surface area contributed by atoms with Crippen molar-refractivity contribution in [2.45, 2.75) is 20.3 Å². The Morgan fingerprint density at radius 2 is 1.84 bits per heavy atom. The zero-order valence-electron chi connectivity index (χ0n) is 11.6. The number of nitrogens with zero attached hydrogens (tertiary/aromatic N) is 1. The molecule has 0 unspecified atom stereocenters. The predicted molar refractivity (Wildman–Crippen MR) is 75.9 cm³/mol. The zero-order valence-corrected chi connectivity index (χ0v) is 11.6. The molecule has 1 fully saturated rings. The van der Waals surface area contributed by atoms with Gasteiger partial charge in [0.05, 0.1) is 0 Å². The van der Waals surface area contributed by atoms with Crippen LogP contribution in [-0.4, -0.2) is 30.5 Å². The Bertz CT molecular complexity index is 420. The Morgan fingerprint density at radius 3 is 2.42 bits per heavy atom. The normalized spacial score (nSPS) is 23.2. The highest BCUT2D eigenvalue weighted by Gasteiger charge is 2.25. The Hall–Kier alpha value is -1.71. The van der Waals surface area contributed by atoms with Gasteiger partial charge in [0.25, 0.3) is 5.91 Å². The molecule has 1 saturated heterocycles. The Labute approximate surface area is 114 Å². The van der Waals surface area contributed by atoms with Gasteiger partial charge in [-0.1, -0.05) is 13.8 Å². The van der Waals surface area contributed by atoms with E-state index < -0.39 is 0 Å². The van der Waals surface area contributed by atoms with Crippen LogP contribution in [0.3, 0.4) is 0 Å². The van der Waals surface area contributed by atoms with Crippen molar-refractivity contribution in [2.75, 3.05) is 25.4 Å². The number of carbonyl (C=O) groups is 1. The third-order valence-corrected chi connectivity index (χ3v) is 3.46. The van der Waals surface area contributed by atoms with Gasteiger partial charge in [-0.05, 0) is 42.5 Å². The molecule has 0 bridgehead atoms. The van der Waals surface area contributed by atoms with Crippen LogP contribution >= 0.6 is 0 Å². The van der Waals surface area contributed by atoms with Gasteiger partial charge < -0.3 is 15.4 Å². The van der Waals surface area contributed by atoms with Crippen LogP contribution in [0, 0.1) is 11.8 Å². The van der Waals surface area contributed by atoms with Gasteiger partial charge in [0, 0.05) is 18.8 Å². The van der Waals surface area contributed by atoms with Gasteiger partial charge in [-0.2, -0.15) is 0 Å². The van der Waals surface area contributed by atoms with Gasteiger partial charge in [-0.15, -0.1) is 0 Å². The van der Waals surface area contributed by atoms with Crippen molar-refractivity contribution >= 4 is 11.6 Å². The highest BCUT2D eigenvalue weighted by molar-refractivity contribution is 5.77. The Morgan fingerprint density at radius 1 is 1.26 bits per heavy atom. The first-order chi connectivity index (χ1) is 9.04. The van der Waals surface area contributed by atoms with Crippen LogP contribution in [0.1, 0.15) is 20.3 Å². The number of anilines is 1. The van der Waals surface area contributed by atoms with Gasteiger partial charge in [-0.3, -0.25) is 4.79 Å². The minimum absolute atomic E-state index is 0.0650. The molecule has 104 valence electrons. The average Bonchev–Trinajstić information content (AvgIpc) is 2.36. The number of ether oxygens (including phenoxy) is 1. The first kappa shape index (κ1) is 13.7. The lowest BCUT2D eigenvalue weighted by Crippen LogP contribution is -2.44. The fourth-order valence-corrected chi connectivity index (χ4v) is 2.67. The van der Waals surface area contributed by atoms with Crippen molar-refractivity contribution in [1.82, 2.24) is 4.90 Å². The highest BCUT2D eigenvalue weighted by Crippen LogP contribution is 2.21. The van der Waals surface area contributed by atoms with Crippen molar-refractivity contribution < 1.29 is 9.53 Å². The lowest BCUT2D eigenvalue weighted by atomic mass is 9.92. The van der Waals surface area contributed by atoms with Crippen molar-refractivity contribution in [2.24, 2.45) is 11.8 Å². The Kier molecular flexibility index (Phi) is 4.30. The minimum atomic E-state index is 0.0650. The summed E-state index contributed by atoms with van der Waals surface area (Å²) in [5, 5.41) is 0. The molecule has 2 N–H and O–H groups in total. The van der Waals surface area contributed by atoms with Crippen molar-refractivity contribution in [3.05, 3.63) is 24.3 Å². The maximum atomic E-state index is 12.1. The lowest BCUT2D eigenvalue weighted by molar-refractivity contribution is -0.136. The molecule has 1 amide bonds. The second-order valence-corrected chi connectivity index (χ2v) is 5.60. The maximum Gasteiger partial charge on any atom is 0.260 e. The third kappa shape index (κ3) is 3.88. The second kappa shape index (κ2) is 5.95. The topological polar surface area (TPSA) is 55.6 Å². The van der Waals surface area contributed by atoms with E-state index in [4.69, 9.17) is 10.5 Å². The average molecular weight is 262 g/mol. The summed E-state index contributed by atoms with van der Waals surface area (Å²) in [6, 6.07) is 7.10. The first-order valence-corrected chi connectivity index (χ1v) is 6.80. The molecule has 2 atom stereocenters. The van der Waals surface area contributed by atoms with Gasteiger partial charge in [0.15, 0.2) is 6.61 Å². The molecule has 4 nitrogen and oxygen atoms in total. The van der Waals surface area contributed by atoms with Crippen LogP contribution in [0.4, 0.5) is 5.69 Å². The molecule has 1 aromatic carbocycles. The molecule has 4 heteroatoms. The van der Waals surface area contributed by atoms with Gasteiger partial charge in [0.1, 0.15) is 5.75 Å². The Balaban J connectivity index is 1.85. The first-order valence-electron chi connectivity index (χ1n) is 6.80. The summed E-state index contributed by atoms with van der Waals surface area (Å²) in [7, 11) is 0. The molecule has 1 aromatic rings. The molecule has 0 aromatic heterocycles. The molecule has 1 aliphatic heterocycles. The van der Waals surface area contributed by atoms with Gasteiger partial charge in [0.2, 0.25) is 0 Å². The van der Waals surface area contributed by atoms with Gasteiger partial charge in [-0.25, -0.2) is 0 Å². The largest absolute Gasteiger partial charge is 0.484 e. The minimum Gasteiger partial charge on any atom is -0.484 e. The lowest BCUT2D eigenvalue weighted by Gasteiger charge is -2.34. The van der Waals surface area contributed by atoms with Crippen molar-refractivity contribution in [3.63, 3.8) is 0 Å². The van der Waals surface area contributed by atoms with E-state index in [0.29, 0.717) is 23.3 Å². The van der Waals surface area contributed by atoms with Crippen LogP contribution in [-0.2, 0) is 4.79 Å². The number of hydrogen-bond acceptors (Lipinski definition) is 3. The summed E-state index contributed by atoms with van der Waals surface area (Å²) >= 11 is 0. The van der Waals surface area contributed by atoms with E-state index in [1.54, 1.807) is 24.3 Å². The summed E-state index contributed by atoms with van der Waals surface area (Å²) in [4.78, 5) is 14.0. The molecule has 1 heterocycles. The number of nitrogens with two attached hydrogens (primary N) is 1. The molecule has 0 saturated carbocycles. The van der Waals surface area contributed by atoms with Crippen LogP contribution in [0.15, 0.2) is 24.3 Å². The molecule has 1 aliphatic rings. The third-order valence-electron chi connectivity index (χ3n) is 3.46. The summed E-state index contributed by atoms with van der Waals surface area (Å²) < 4.78 is 5.50. The molecule has 19 heavy (non-hydrogen) atoms. The van der Waals surface area contributed by atoms with E-state index >= 15 is 0 Å². The molecular weight excluding hydrogens is 240 g/mol. The number of carbonyl (C=O) groups excluding carboxylic acids is 1. The van der Waals surface area contributed by atoms with Crippen molar-refractivity contribution in [1.29, 1.82) is 0 Å². The molecule has 0 aliphatic carbocycles. The van der Waals surface area contributed by atoms with Crippen LogP contribution < -0.4 is 10.5 Å². The van der Waals surface area contributed by atoms with Crippen molar-refractivity contribution in [3.8, 4) is 5.75 Å². The van der Waals surface area contributed by atoms with E-state index in [2.05, 4.69) is 13.8 Å². The zero-order chi connectivity index (χ0) is 13.8. The number of rotatable bonds is 3. The predicted octanol–water partition coefficient (Wildman–Crippen LogP) is 2.15. The second-order valence-electron chi connectivity index (χ2n) is 5.60. The maximum absolute atomic E-state index is 12.1. The molecule has 0 spiro atoms. The summed E-state index contributed by atoms with van der Waals surface area (Å²) in [6.45, 7) is 6.17. The SMILES string of the molecule is C[C@H]1C[C@H](C)CN(C(=O)COc2ccc(N)cc2)C1. The highest BCUT2D eigenvalue weighted by atomic mass is 16.5. The standard InChI is InChI=1S/C15H22N2O2/c1-11-7-12(2)9-17(8-11)15(18)10-19-14-5-3-13(16)4-6-14/h3-6,11-12H,7-10,16H2,1-2H3/t11-,12-/m0/s1.